The summed E-state index contributed by atoms with van der Waals surface area (Å²) in [6, 6.07) is 2.00. The van der Waals surface area contributed by atoms with Crippen molar-refractivity contribution in [2.75, 3.05) is 7.11 Å². The predicted molar refractivity (Wildman–Crippen MR) is 43.9 cm³/mol. The maximum Gasteiger partial charge on any atom is 0.386 e. The van der Waals surface area contributed by atoms with Gasteiger partial charge in [0.15, 0.2) is 5.75 Å². The van der Waals surface area contributed by atoms with Crippen LogP contribution >= 0.6 is 0 Å². The summed E-state index contributed by atoms with van der Waals surface area (Å²) in [5.41, 5.74) is -0.471. The fourth-order valence-corrected chi connectivity index (χ4v) is 0.790. The number of ether oxygens (including phenoxy) is 1. The average molecular weight is 198 g/mol. The van der Waals surface area contributed by atoms with E-state index in [2.05, 4.69) is 9.72 Å². The molecule has 7 heteroatoms. The molecule has 0 unspecified atom stereocenters. The van der Waals surface area contributed by atoms with Crippen molar-refractivity contribution in [1.29, 1.82) is 0 Å². The summed E-state index contributed by atoms with van der Waals surface area (Å²) in [6.45, 7) is 0. The standard InChI is InChI=1S/C7H6N2O5/c1-14-7(11)6-4(10)2-3-5(8-6)9(12)13/h2-3,10H,1H3. The molecule has 0 aromatic carbocycles. The smallest absolute Gasteiger partial charge is 0.386 e. The molecule has 0 fully saturated rings. The minimum absolute atomic E-state index is 0.456. The van der Waals surface area contributed by atoms with Crippen molar-refractivity contribution in [3.05, 3.63) is 27.9 Å². The molecule has 0 aliphatic rings. The lowest BCUT2D eigenvalue weighted by molar-refractivity contribution is -0.389. The molecule has 0 spiro atoms. The molecule has 14 heavy (non-hydrogen) atoms. The second kappa shape index (κ2) is 3.69. The molecule has 1 aromatic rings. The lowest BCUT2D eigenvalue weighted by Gasteiger charge is -1.97. The van der Waals surface area contributed by atoms with Crippen molar-refractivity contribution >= 4 is 11.8 Å². The van der Waals surface area contributed by atoms with Gasteiger partial charge in [0.1, 0.15) is 0 Å². The van der Waals surface area contributed by atoms with Crippen LogP contribution in [0.15, 0.2) is 12.1 Å². The van der Waals surface area contributed by atoms with E-state index in [1.807, 2.05) is 0 Å². The molecule has 0 saturated carbocycles. The number of nitro groups is 1. The molecule has 0 saturated heterocycles. The number of hydrogen-bond acceptors (Lipinski definition) is 6. The molecule has 0 radical (unpaired) electrons. The molecule has 74 valence electrons. The van der Waals surface area contributed by atoms with E-state index in [0.717, 1.165) is 19.2 Å². The van der Waals surface area contributed by atoms with Crippen LogP contribution in [-0.4, -0.2) is 28.1 Å². The lowest BCUT2D eigenvalue weighted by atomic mass is 10.3. The van der Waals surface area contributed by atoms with E-state index in [0.29, 0.717) is 0 Å². The first kappa shape index (κ1) is 9.90. The summed E-state index contributed by atoms with van der Waals surface area (Å²) in [5, 5.41) is 19.4. The predicted octanol–water partition coefficient (Wildman–Crippen LogP) is 0.482. The highest BCUT2D eigenvalue weighted by Gasteiger charge is 2.22. The SMILES string of the molecule is COC(=O)c1nc([N+](=O)[O-])ccc1O. The number of carbonyl (C=O) groups is 1. The molecule has 0 atom stereocenters. The van der Waals surface area contributed by atoms with Gasteiger partial charge < -0.3 is 20.0 Å². The Labute approximate surface area is 78.1 Å². The summed E-state index contributed by atoms with van der Waals surface area (Å²) in [4.78, 5) is 23.8. The Bertz CT molecular complexity index is 390. The third kappa shape index (κ3) is 1.76. The minimum Gasteiger partial charge on any atom is -0.504 e. The van der Waals surface area contributed by atoms with Gasteiger partial charge in [0.05, 0.1) is 7.11 Å². The van der Waals surface area contributed by atoms with Crippen LogP contribution in [0.4, 0.5) is 5.82 Å². The first-order valence-corrected chi connectivity index (χ1v) is 3.49. The lowest BCUT2D eigenvalue weighted by Crippen LogP contribution is -2.06. The van der Waals surface area contributed by atoms with Crippen molar-refractivity contribution < 1.29 is 19.6 Å². The summed E-state index contributed by atoms with van der Waals surface area (Å²) in [6.07, 6.45) is 0. The Hall–Kier alpha value is -2.18. The molecule has 1 heterocycles. The highest BCUT2D eigenvalue weighted by Crippen LogP contribution is 2.19. The molecule has 0 aliphatic heterocycles. The number of esters is 1. The Kier molecular flexibility index (Phi) is 2.61. The van der Waals surface area contributed by atoms with Gasteiger partial charge in [-0.25, -0.2) is 4.79 Å². The zero-order valence-electron chi connectivity index (χ0n) is 7.13. The maximum absolute atomic E-state index is 10.9. The molecule has 1 aromatic heterocycles. The second-order valence-electron chi connectivity index (χ2n) is 2.29. The van der Waals surface area contributed by atoms with Gasteiger partial charge in [-0.3, -0.25) is 0 Å². The minimum atomic E-state index is -0.925. The van der Waals surface area contributed by atoms with Crippen molar-refractivity contribution in [3.8, 4) is 5.75 Å². The Morgan fingerprint density at radius 3 is 2.79 bits per heavy atom. The topological polar surface area (TPSA) is 103 Å². The average Bonchev–Trinajstić information content (AvgIpc) is 2.17. The fraction of sp³-hybridized carbons (Fsp3) is 0.143. The molecule has 7 nitrogen and oxygen atoms in total. The van der Waals surface area contributed by atoms with Crippen LogP contribution in [0.5, 0.6) is 5.75 Å². The van der Waals surface area contributed by atoms with Gasteiger partial charge in [0.25, 0.3) is 0 Å². The van der Waals surface area contributed by atoms with Gasteiger partial charge in [0, 0.05) is 6.07 Å². The van der Waals surface area contributed by atoms with Crippen molar-refractivity contribution in [3.63, 3.8) is 0 Å². The molecule has 1 N–H and O–H groups in total. The van der Waals surface area contributed by atoms with Gasteiger partial charge in [0.2, 0.25) is 0 Å². The third-order valence-corrected chi connectivity index (χ3v) is 1.43. The van der Waals surface area contributed by atoms with Crippen LogP contribution in [0.3, 0.4) is 0 Å². The number of carbonyl (C=O) groups excluding carboxylic acids is 1. The third-order valence-electron chi connectivity index (χ3n) is 1.43. The molecule has 1 rings (SSSR count). The van der Waals surface area contributed by atoms with Crippen LogP contribution in [0.1, 0.15) is 10.5 Å². The van der Waals surface area contributed by atoms with Crippen LogP contribution in [0.2, 0.25) is 0 Å². The van der Waals surface area contributed by atoms with Crippen LogP contribution < -0.4 is 0 Å². The van der Waals surface area contributed by atoms with Crippen molar-refractivity contribution in [2.45, 2.75) is 0 Å². The van der Waals surface area contributed by atoms with Gasteiger partial charge in [-0.1, -0.05) is 0 Å². The number of methoxy groups -OCH3 is 1. The number of aromatic hydroxyl groups is 1. The number of rotatable bonds is 2. The van der Waals surface area contributed by atoms with E-state index < -0.39 is 28.2 Å². The highest BCUT2D eigenvalue weighted by atomic mass is 16.6. The van der Waals surface area contributed by atoms with E-state index in [1.54, 1.807) is 0 Å². The highest BCUT2D eigenvalue weighted by molar-refractivity contribution is 5.90. The molecule has 0 amide bonds. The van der Waals surface area contributed by atoms with Gasteiger partial charge in [-0.15, -0.1) is 0 Å². The van der Waals surface area contributed by atoms with E-state index in [4.69, 9.17) is 5.11 Å². The monoisotopic (exact) mass is 198 g/mol. The first-order chi connectivity index (χ1) is 6.56. The summed E-state index contributed by atoms with van der Waals surface area (Å²) >= 11 is 0. The van der Waals surface area contributed by atoms with E-state index in [9.17, 15) is 14.9 Å². The molecular weight excluding hydrogens is 192 g/mol. The fourth-order valence-electron chi connectivity index (χ4n) is 0.790. The van der Waals surface area contributed by atoms with Gasteiger partial charge in [-0.2, -0.15) is 0 Å². The molecular formula is C7H6N2O5. The summed E-state index contributed by atoms with van der Waals surface area (Å²) in [7, 11) is 1.09. The maximum atomic E-state index is 10.9. The Morgan fingerprint density at radius 2 is 2.29 bits per heavy atom. The van der Waals surface area contributed by atoms with Crippen molar-refractivity contribution in [2.24, 2.45) is 0 Å². The van der Waals surface area contributed by atoms with Crippen LogP contribution in [-0.2, 0) is 4.74 Å². The molecule has 0 bridgehead atoms. The largest absolute Gasteiger partial charge is 0.504 e. The van der Waals surface area contributed by atoms with E-state index in [1.165, 1.54) is 0 Å². The van der Waals surface area contributed by atoms with Gasteiger partial charge >= 0.3 is 17.5 Å². The van der Waals surface area contributed by atoms with Crippen molar-refractivity contribution in [1.82, 2.24) is 4.98 Å². The second-order valence-corrected chi connectivity index (χ2v) is 2.29. The normalized spacial score (nSPS) is 9.50. The van der Waals surface area contributed by atoms with Crippen LogP contribution in [0.25, 0.3) is 0 Å². The van der Waals surface area contributed by atoms with Gasteiger partial charge in [-0.05, 0) is 16.0 Å². The summed E-state index contributed by atoms with van der Waals surface area (Å²) < 4.78 is 4.27. The number of hydrogen-bond donors (Lipinski definition) is 1. The summed E-state index contributed by atoms with van der Waals surface area (Å²) in [5.74, 6) is -1.91. The zero-order valence-corrected chi connectivity index (χ0v) is 7.13. The van der Waals surface area contributed by atoms with E-state index in [-0.39, 0.29) is 0 Å². The molecule has 0 aliphatic carbocycles. The van der Waals surface area contributed by atoms with E-state index >= 15 is 0 Å². The quantitative estimate of drug-likeness (QED) is 0.421. The number of pyridine rings is 1. The zero-order chi connectivity index (χ0) is 10.7. The Balaban J connectivity index is 3.21. The Morgan fingerprint density at radius 1 is 1.64 bits per heavy atom. The number of aromatic nitrogens is 1. The number of nitrogens with zero attached hydrogens (tertiary/aromatic N) is 2. The van der Waals surface area contributed by atoms with Crippen LogP contribution in [0, 0.1) is 10.1 Å². The first-order valence-electron chi connectivity index (χ1n) is 3.49.